The van der Waals surface area contributed by atoms with Crippen LogP contribution in [0.3, 0.4) is 0 Å². The Morgan fingerprint density at radius 2 is 1.59 bits per heavy atom. The highest BCUT2D eigenvalue weighted by Crippen LogP contribution is 2.31. The van der Waals surface area contributed by atoms with Crippen molar-refractivity contribution in [2.75, 3.05) is 10.8 Å². The lowest BCUT2D eigenvalue weighted by molar-refractivity contribution is -0.140. The molecule has 0 bridgehead atoms. The van der Waals surface area contributed by atoms with Crippen LogP contribution in [0.4, 0.5) is 10.1 Å². The van der Waals surface area contributed by atoms with E-state index >= 15 is 0 Å². The zero-order valence-corrected chi connectivity index (χ0v) is 24.6. The third-order valence-corrected chi connectivity index (χ3v) is 9.43. The normalized spacial score (nSPS) is 14.7. The fourth-order valence-corrected chi connectivity index (χ4v) is 6.88. The molecule has 0 heterocycles. The van der Waals surface area contributed by atoms with Gasteiger partial charge in [-0.1, -0.05) is 80.3 Å². The van der Waals surface area contributed by atoms with Gasteiger partial charge in [-0.2, -0.15) is 0 Å². The highest BCUT2D eigenvalue weighted by atomic mass is 35.5. The van der Waals surface area contributed by atoms with E-state index in [2.05, 4.69) is 5.32 Å². The van der Waals surface area contributed by atoms with E-state index in [1.807, 2.05) is 6.92 Å². The third-order valence-electron chi connectivity index (χ3n) is 7.33. The van der Waals surface area contributed by atoms with Gasteiger partial charge < -0.3 is 10.2 Å². The highest BCUT2D eigenvalue weighted by Gasteiger charge is 2.35. The van der Waals surface area contributed by atoms with Crippen LogP contribution in [0.15, 0.2) is 83.8 Å². The molecule has 1 N–H and O–H groups in total. The van der Waals surface area contributed by atoms with Gasteiger partial charge in [-0.15, -0.1) is 0 Å². The van der Waals surface area contributed by atoms with Gasteiger partial charge in [0.05, 0.1) is 15.6 Å². The average Bonchev–Trinajstić information content (AvgIpc) is 2.98. The fourth-order valence-electron chi connectivity index (χ4n) is 5.14. The van der Waals surface area contributed by atoms with Crippen molar-refractivity contribution < 1.29 is 22.4 Å². The summed E-state index contributed by atoms with van der Waals surface area (Å²) in [6.45, 7) is 1.22. The number of halogens is 2. The van der Waals surface area contributed by atoms with Gasteiger partial charge >= 0.3 is 0 Å². The van der Waals surface area contributed by atoms with Crippen molar-refractivity contribution in [1.82, 2.24) is 10.2 Å². The molecule has 1 fully saturated rings. The van der Waals surface area contributed by atoms with Crippen LogP contribution in [-0.4, -0.2) is 43.8 Å². The second-order valence-electron chi connectivity index (χ2n) is 10.2. The number of anilines is 1. The van der Waals surface area contributed by atoms with Crippen molar-refractivity contribution in [3.63, 3.8) is 0 Å². The van der Waals surface area contributed by atoms with E-state index in [1.165, 1.54) is 35.2 Å². The Kier molecular flexibility index (Phi) is 10.4. The first kappa shape index (κ1) is 30.5. The number of nitrogens with zero attached hydrogens (tertiary/aromatic N) is 2. The Morgan fingerprint density at radius 3 is 2.22 bits per heavy atom. The standard InChI is InChI=1S/C31H35ClFN3O4S/c1-2-28(31(38)34-25-11-5-3-6-12-25)35(21-23-17-19-24(33)20-18-23)30(37)22-36(29-16-10-9-15-27(29)32)41(39,40)26-13-7-4-8-14-26/h4,7-10,13-20,25,28H,2-3,5-6,11-12,21-22H2,1H3,(H,34,38)/t28-/m0/s1. The maximum Gasteiger partial charge on any atom is 0.264 e. The molecule has 1 aliphatic carbocycles. The minimum atomic E-state index is -4.21. The number of hydrogen-bond donors (Lipinski definition) is 1. The van der Waals surface area contributed by atoms with Gasteiger partial charge in [0.1, 0.15) is 18.4 Å². The smallest absolute Gasteiger partial charge is 0.264 e. The van der Waals surface area contributed by atoms with Crippen LogP contribution in [0.2, 0.25) is 5.02 Å². The van der Waals surface area contributed by atoms with E-state index in [9.17, 15) is 22.4 Å². The lowest BCUT2D eigenvalue weighted by Gasteiger charge is -2.34. The molecule has 0 unspecified atom stereocenters. The van der Waals surface area contributed by atoms with E-state index < -0.39 is 34.3 Å². The SMILES string of the molecule is CC[C@@H](C(=O)NC1CCCCC1)N(Cc1ccc(F)cc1)C(=O)CN(c1ccccc1Cl)S(=O)(=O)c1ccccc1. The second kappa shape index (κ2) is 14.0. The van der Waals surface area contributed by atoms with E-state index in [0.29, 0.717) is 12.0 Å². The molecule has 10 heteroatoms. The number of carbonyl (C=O) groups excluding carboxylic acids is 2. The van der Waals surface area contributed by atoms with E-state index in [4.69, 9.17) is 11.6 Å². The number of nitrogens with one attached hydrogen (secondary N) is 1. The van der Waals surface area contributed by atoms with Crippen LogP contribution in [0, 0.1) is 5.82 Å². The van der Waals surface area contributed by atoms with Gasteiger partial charge in [-0.25, -0.2) is 12.8 Å². The molecule has 0 aromatic heterocycles. The fraction of sp³-hybridized carbons (Fsp3) is 0.355. The Labute approximate surface area is 246 Å². The summed E-state index contributed by atoms with van der Waals surface area (Å²) in [5.41, 5.74) is 0.756. The molecule has 1 atom stereocenters. The number of rotatable bonds is 11. The molecular formula is C31H35ClFN3O4S. The molecule has 41 heavy (non-hydrogen) atoms. The Balaban J connectivity index is 1.70. The minimum absolute atomic E-state index is 0.000104. The maximum absolute atomic E-state index is 14.1. The topological polar surface area (TPSA) is 86.8 Å². The number of hydrogen-bond acceptors (Lipinski definition) is 4. The first-order valence-corrected chi connectivity index (χ1v) is 15.7. The monoisotopic (exact) mass is 599 g/mol. The lowest BCUT2D eigenvalue weighted by atomic mass is 9.95. The van der Waals surface area contributed by atoms with Crippen LogP contribution in [-0.2, 0) is 26.2 Å². The first-order valence-electron chi connectivity index (χ1n) is 13.9. The lowest BCUT2D eigenvalue weighted by Crippen LogP contribution is -2.54. The predicted octanol–water partition coefficient (Wildman–Crippen LogP) is 5.93. The largest absolute Gasteiger partial charge is 0.352 e. The molecule has 0 radical (unpaired) electrons. The molecule has 2 amide bonds. The van der Waals surface area contributed by atoms with Crippen LogP contribution in [0.5, 0.6) is 0 Å². The van der Waals surface area contributed by atoms with Crippen molar-refractivity contribution in [2.45, 2.75) is 69.0 Å². The van der Waals surface area contributed by atoms with Gasteiger partial charge in [0, 0.05) is 12.6 Å². The summed E-state index contributed by atoms with van der Waals surface area (Å²) in [6, 6.07) is 19.1. The summed E-state index contributed by atoms with van der Waals surface area (Å²) >= 11 is 6.44. The molecule has 0 spiro atoms. The van der Waals surface area contributed by atoms with Crippen LogP contribution in [0.1, 0.15) is 51.0 Å². The number of para-hydroxylation sites is 1. The molecule has 4 rings (SSSR count). The summed E-state index contributed by atoms with van der Waals surface area (Å²) in [5, 5.41) is 3.26. The number of benzene rings is 3. The minimum Gasteiger partial charge on any atom is -0.352 e. The molecule has 1 saturated carbocycles. The number of amides is 2. The van der Waals surface area contributed by atoms with E-state index in [0.717, 1.165) is 36.4 Å². The highest BCUT2D eigenvalue weighted by molar-refractivity contribution is 7.92. The van der Waals surface area contributed by atoms with Crippen LogP contribution in [0.25, 0.3) is 0 Å². The molecule has 0 aliphatic heterocycles. The van der Waals surface area contributed by atoms with Crippen molar-refractivity contribution in [3.05, 3.63) is 95.3 Å². The van der Waals surface area contributed by atoms with E-state index in [-0.39, 0.29) is 34.1 Å². The molecule has 0 saturated heterocycles. The summed E-state index contributed by atoms with van der Waals surface area (Å²) < 4.78 is 42.3. The Hall–Kier alpha value is -3.43. The van der Waals surface area contributed by atoms with Gasteiger partial charge in [-0.05, 0) is 61.2 Å². The zero-order chi connectivity index (χ0) is 29.4. The summed E-state index contributed by atoms with van der Waals surface area (Å²) in [4.78, 5) is 29.0. The van der Waals surface area contributed by atoms with Crippen molar-refractivity contribution >= 4 is 39.1 Å². The Morgan fingerprint density at radius 1 is 0.951 bits per heavy atom. The van der Waals surface area contributed by atoms with Crippen molar-refractivity contribution in [2.24, 2.45) is 0 Å². The first-order chi connectivity index (χ1) is 19.7. The van der Waals surface area contributed by atoms with Gasteiger partial charge in [0.25, 0.3) is 10.0 Å². The quantitative estimate of drug-likeness (QED) is 0.296. The van der Waals surface area contributed by atoms with Crippen LogP contribution < -0.4 is 9.62 Å². The molecule has 7 nitrogen and oxygen atoms in total. The molecular weight excluding hydrogens is 565 g/mol. The summed E-state index contributed by atoms with van der Waals surface area (Å²) in [5.74, 6) is -1.29. The second-order valence-corrected chi connectivity index (χ2v) is 12.5. The summed E-state index contributed by atoms with van der Waals surface area (Å²) in [7, 11) is -4.21. The van der Waals surface area contributed by atoms with Crippen LogP contribution >= 0.6 is 11.6 Å². The molecule has 1 aliphatic rings. The van der Waals surface area contributed by atoms with Gasteiger partial charge in [0.2, 0.25) is 11.8 Å². The van der Waals surface area contributed by atoms with Crippen molar-refractivity contribution in [1.29, 1.82) is 0 Å². The van der Waals surface area contributed by atoms with Crippen molar-refractivity contribution in [3.8, 4) is 0 Å². The predicted molar refractivity (Wildman–Crippen MR) is 158 cm³/mol. The number of carbonyl (C=O) groups is 2. The summed E-state index contributed by atoms with van der Waals surface area (Å²) in [6.07, 6.45) is 5.26. The number of sulfonamides is 1. The Bertz CT molecular complexity index is 1430. The average molecular weight is 600 g/mol. The van der Waals surface area contributed by atoms with E-state index in [1.54, 1.807) is 48.5 Å². The molecule has 3 aromatic carbocycles. The zero-order valence-electron chi connectivity index (χ0n) is 23.0. The molecule has 3 aromatic rings. The third kappa shape index (κ3) is 7.65. The molecule has 218 valence electrons. The van der Waals surface area contributed by atoms with Gasteiger partial charge in [0.15, 0.2) is 0 Å². The van der Waals surface area contributed by atoms with Gasteiger partial charge in [-0.3, -0.25) is 13.9 Å². The maximum atomic E-state index is 14.1.